The Kier molecular flexibility index (Phi) is 4.50. The van der Waals surface area contributed by atoms with Gasteiger partial charge in [0.25, 0.3) is 0 Å². The number of allylic oxidation sites excluding steroid dienone is 3. The molecule has 0 saturated heterocycles. The Morgan fingerprint density at radius 3 is 2.62 bits per heavy atom. The minimum Gasteiger partial charge on any atom is -0.496 e. The molecular formula is C20H24O4. The molecule has 4 rings (SSSR count). The third-order valence-corrected chi connectivity index (χ3v) is 5.33. The average molecular weight is 328 g/mol. The number of ketones is 1. The topological polar surface area (TPSA) is 44.8 Å². The minimum atomic E-state index is 0.0768. The monoisotopic (exact) mass is 328 g/mol. The van der Waals surface area contributed by atoms with Crippen LogP contribution in [0.4, 0.5) is 0 Å². The highest BCUT2D eigenvalue weighted by Crippen LogP contribution is 2.58. The number of methoxy groups -OCH3 is 2. The van der Waals surface area contributed by atoms with Crippen molar-refractivity contribution in [3.05, 3.63) is 41.5 Å². The standard InChI is InChI=1S/C20H24O4/c1-20(2)16-11-17(20)18(21)9-14(16)6-5-13-7-8-15(24-12-22-3)10-19(13)23-4/h5-10,16-17H,11-12H2,1-4H3/b6-5+/t16-,17+/m0/s1. The van der Waals surface area contributed by atoms with Crippen molar-refractivity contribution in [2.75, 3.05) is 21.0 Å². The molecule has 0 aliphatic heterocycles. The Labute approximate surface area is 143 Å². The molecule has 0 spiro atoms. The molecular weight excluding hydrogens is 304 g/mol. The van der Waals surface area contributed by atoms with E-state index in [-0.39, 0.29) is 23.9 Å². The van der Waals surface area contributed by atoms with Gasteiger partial charge in [-0.2, -0.15) is 0 Å². The number of rotatable bonds is 6. The zero-order chi connectivity index (χ0) is 17.3. The van der Waals surface area contributed by atoms with Crippen molar-refractivity contribution in [2.24, 2.45) is 17.3 Å². The number of fused-ring (bicyclic) bond motifs is 1. The maximum Gasteiger partial charge on any atom is 0.188 e. The molecule has 0 N–H and O–H groups in total. The summed E-state index contributed by atoms with van der Waals surface area (Å²) in [4.78, 5) is 12.2. The Hall–Kier alpha value is -2.07. The summed E-state index contributed by atoms with van der Waals surface area (Å²) in [5, 5.41) is 0. The molecule has 0 unspecified atom stereocenters. The molecule has 1 fully saturated rings. The second-order valence-electron chi connectivity index (χ2n) is 7.00. The van der Waals surface area contributed by atoms with Gasteiger partial charge >= 0.3 is 0 Å². The normalized spacial score (nSPS) is 24.5. The second-order valence-corrected chi connectivity index (χ2v) is 7.00. The van der Waals surface area contributed by atoms with Gasteiger partial charge in [-0.25, -0.2) is 0 Å². The van der Waals surface area contributed by atoms with Crippen LogP contribution in [0.3, 0.4) is 0 Å². The summed E-state index contributed by atoms with van der Waals surface area (Å²) in [5.74, 6) is 2.35. The lowest BCUT2D eigenvalue weighted by Crippen LogP contribution is -2.52. The van der Waals surface area contributed by atoms with Crippen LogP contribution in [-0.4, -0.2) is 26.8 Å². The van der Waals surface area contributed by atoms with Crippen LogP contribution in [0.25, 0.3) is 6.08 Å². The number of carbonyl (C=O) groups is 1. The smallest absolute Gasteiger partial charge is 0.188 e. The minimum absolute atomic E-state index is 0.0768. The van der Waals surface area contributed by atoms with Crippen LogP contribution < -0.4 is 9.47 Å². The van der Waals surface area contributed by atoms with Crippen molar-refractivity contribution in [3.8, 4) is 11.5 Å². The van der Waals surface area contributed by atoms with Gasteiger partial charge in [0.15, 0.2) is 12.6 Å². The predicted molar refractivity (Wildman–Crippen MR) is 93.0 cm³/mol. The van der Waals surface area contributed by atoms with Gasteiger partial charge in [0.05, 0.1) is 7.11 Å². The summed E-state index contributed by atoms with van der Waals surface area (Å²) in [7, 11) is 3.22. The molecule has 128 valence electrons. The number of hydrogen-bond donors (Lipinski definition) is 0. The molecule has 24 heavy (non-hydrogen) atoms. The van der Waals surface area contributed by atoms with Crippen LogP contribution in [-0.2, 0) is 9.53 Å². The zero-order valence-electron chi connectivity index (χ0n) is 14.7. The quantitative estimate of drug-likeness (QED) is 0.744. The van der Waals surface area contributed by atoms with Crippen LogP contribution in [0.1, 0.15) is 25.8 Å². The molecule has 3 aliphatic rings. The maximum atomic E-state index is 12.2. The Morgan fingerprint density at radius 1 is 1.21 bits per heavy atom. The van der Waals surface area contributed by atoms with Gasteiger partial charge in [0, 0.05) is 24.7 Å². The van der Waals surface area contributed by atoms with E-state index < -0.39 is 0 Å². The average Bonchev–Trinajstić information content (AvgIpc) is 2.57. The van der Waals surface area contributed by atoms with Crippen molar-refractivity contribution in [3.63, 3.8) is 0 Å². The van der Waals surface area contributed by atoms with E-state index in [2.05, 4.69) is 13.8 Å². The predicted octanol–water partition coefficient (Wildman–Crippen LogP) is 3.86. The molecule has 0 heterocycles. The van der Waals surface area contributed by atoms with Gasteiger partial charge in [0.1, 0.15) is 11.5 Å². The fourth-order valence-corrected chi connectivity index (χ4v) is 3.74. The zero-order valence-corrected chi connectivity index (χ0v) is 14.7. The summed E-state index contributed by atoms with van der Waals surface area (Å²) in [6.07, 6.45) is 6.84. The lowest BCUT2D eigenvalue weighted by atomic mass is 9.48. The van der Waals surface area contributed by atoms with Gasteiger partial charge in [-0.1, -0.05) is 26.0 Å². The molecule has 1 saturated carbocycles. The summed E-state index contributed by atoms with van der Waals surface area (Å²) in [6, 6.07) is 5.66. The van der Waals surface area contributed by atoms with E-state index in [1.54, 1.807) is 14.2 Å². The van der Waals surface area contributed by atoms with E-state index in [1.807, 2.05) is 36.4 Å². The first kappa shape index (κ1) is 16.8. The highest BCUT2D eigenvalue weighted by atomic mass is 16.7. The molecule has 0 amide bonds. The molecule has 4 nitrogen and oxygen atoms in total. The molecule has 0 aromatic heterocycles. The molecule has 2 bridgehead atoms. The van der Waals surface area contributed by atoms with E-state index in [4.69, 9.17) is 14.2 Å². The first-order valence-electron chi connectivity index (χ1n) is 8.20. The summed E-state index contributed by atoms with van der Waals surface area (Å²) < 4.78 is 15.8. The highest BCUT2D eigenvalue weighted by Gasteiger charge is 2.54. The molecule has 1 aromatic carbocycles. The molecule has 2 atom stereocenters. The third kappa shape index (κ3) is 2.86. The van der Waals surface area contributed by atoms with Gasteiger partial charge < -0.3 is 14.2 Å². The Bertz CT molecular complexity index is 700. The van der Waals surface area contributed by atoms with Crippen LogP contribution in [0.15, 0.2) is 35.9 Å². The van der Waals surface area contributed by atoms with E-state index in [1.165, 1.54) is 0 Å². The van der Waals surface area contributed by atoms with Crippen molar-refractivity contribution in [2.45, 2.75) is 20.3 Å². The summed E-state index contributed by atoms with van der Waals surface area (Å²) in [6.45, 7) is 4.57. The first-order chi connectivity index (χ1) is 11.5. The number of carbonyl (C=O) groups excluding carboxylic acids is 1. The largest absolute Gasteiger partial charge is 0.496 e. The SMILES string of the molecule is COCOc1ccc(/C=C/C2=CC(=O)[C@H]3C[C@@H]2C3(C)C)c(OC)c1. The van der Waals surface area contributed by atoms with Gasteiger partial charge in [-0.05, 0) is 41.5 Å². The molecule has 0 radical (unpaired) electrons. The number of ether oxygens (including phenoxy) is 3. The van der Waals surface area contributed by atoms with Gasteiger partial charge in [-0.3, -0.25) is 4.79 Å². The van der Waals surface area contributed by atoms with Crippen molar-refractivity contribution in [1.82, 2.24) is 0 Å². The first-order valence-corrected chi connectivity index (χ1v) is 8.20. The lowest BCUT2D eigenvalue weighted by molar-refractivity contribution is -0.133. The van der Waals surface area contributed by atoms with Crippen LogP contribution in [0.5, 0.6) is 11.5 Å². The number of hydrogen-bond acceptors (Lipinski definition) is 4. The fraction of sp³-hybridized carbons (Fsp3) is 0.450. The lowest BCUT2D eigenvalue weighted by Gasteiger charge is -2.54. The third-order valence-electron chi connectivity index (χ3n) is 5.33. The van der Waals surface area contributed by atoms with Gasteiger partial charge in [-0.15, -0.1) is 0 Å². The van der Waals surface area contributed by atoms with E-state index >= 15 is 0 Å². The second kappa shape index (κ2) is 6.44. The van der Waals surface area contributed by atoms with Crippen LogP contribution in [0, 0.1) is 17.3 Å². The van der Waals surface area contributed by atoms with Crippen molar-refractivity contribution in [1.29, 1.82) is 0 Å². The highest BCUT2D eigenvalue weighted by molar-refractivity contribution is 5.96. The molecule has 1 aromatic rings. The summed E-state index contributed by atoms with van der Waals surface area (Å²) in [5.41, 5.74) is 2.15. The van der Waals surface area contributed by atoms with Crippen LogP contribution in [0.2, 0.25) is 0 Å². The van der Waals surface area contributed by atoms with Crippen molar-refractivity contribution >= 4 is 11.9 Å². The summed E-state index contributed by atoms with van der Waals surface area (Å²) >= 11 is 0. The molecule has 3 aliphatic carbocycles. The molecule has 4 heteroatoms. The Balaban J connectivity index is 1.81. The van der Waals surface area contributed by atoms with Crippen molar-refractivity contribution < 1.29 is 19.0 Å². The maximum absolute atomic E-state index is 12.2. The number of benzene rings is 1. The Morgan fingerprint density at radius 2 is 2.00 bits per heavy atom. The van der Waals surface area contributed by atoms with E-state index in [0.717, 1.165) is 23.3 Å². The van der Waals surface area contributed by atoms with Crippen LogP contribution >= 0.6 is 0 Å². The van der Waals surface area contributed by atoms with Gasteiger partial charge in [0.2, 0.25) is 0 Å². The van der Waals surface area contributed by atoms with E-state index in [0.29, 0.717) is 11.7 Å². The van der Waals surface area contributed by atoms with E-state index in [9.17, 15) is 4.79 Å². The fourth-order valence-electron chi connectivity index (χ4n) is 3.74.